The average molecular weight is 445 g/mol. The van der Waals surface area contributed by atoms with Crippen molar-refractivity contribution in [2.75, 3.05) is 37.7 Å². The molecule has 4 heterocycles. The fourth-order valence-electron chi connectivity index (χ4n) is 4.60. The van der Waals surface area contributed by atoms with Gasteiger partial charge in [0.25, 0.3) is 5.91 Å². The molecule has 2 aromatic rings. The lowest BCUT2D eigenvalue weighted by Gasteiger charge is -2.32. The number of likely N-dealkylation sites (tertiary alicyclic amines) is 1. The molecule has 0 spiro atoms. The van der Waals surface area contributed by atoms with Crippen molar-refractivity contribution in [3.8, 4) is 0 Å². The molecule has 4 rings (SSSR count). The Morgan fingerprint density at radius 3 is 2.39 bits per heavy atom. The summed E-state index contributed by atoms with van der Waals surface area (Å²) in [5.74, 6) is 2.26. The molecular weight excluding hydrogens is 412 g/mol. The Labute approximate surface area is 187 Å². The monoisotopic (exact) mass is 444 g/mol. The highest BCUT2D eigenvalue weighted by atomic mass is 32.1. The van der Waals surface area contributed by atoms with Crippen LogP contribution in [-0.4, -0.2) is 59.5 Å². The lowest BCUT2D eigenvalue weighted by molar-refractivity contribution is -0.149. The Kier molecular flexibility index (Phi) is 6.46. The van der Waals surface area contributed by atoms with Crippen LogP contribution in [0.3, 0.4) is 0 Å². The molecule has 0 radical (unpaired) electrons. The SMILES string of the molecule is CCOC(=O)C1CCN(C(=O)c2sc3nc(C)nc(N4CCC(C)CC4)c3c2C)CC1. The van der Waals surface area contributed by atoms with Crippen molar-refractivity contribution in [1.82, 2.24) is 14.9 Å². The fourth-order valence-corrected chi connectivity index (χ4v) is 5.79. The highest BCUT2D eigenvalue weighted by molar-refractivity contribution is 7.20. The first-order chi connectivity index (χ1) is 14.9. The number of hydrogen-bond acceptors (Lipinski definition) is 7. The van der Waals surface area contributed by atoms with E-state index in [2.05, 4.69) is 16.8 Å². The number of nitrogens with zero attached hydrogens (tertiary/aromatic N) is 4. The van der Waals surface area contributed by atoms with Crippen LogP contribution in [0.4, 0.5) is 5.82 Å². The van der Waals surface area contributed by atoms with E-state index in [9.17, 15) is 9.59 Å². The van der Waals surface area contributed by atoms with Gasteiger partial charge in [-0.2, -0.15) is 0 Å². The molecule has 0 saturated carbocycles. The second kappa shape index (κ2) is 9.10. The summed E-state index contributed by atoms with van der Waals surface area (Å²) in [5, 5.41) is 1.02. The zero-order valence-corrected chi connectivity index (χ0v) is 19.8. The van der Waals surface area contributed by atoms with Crippen molar-refractivity contribution >= 4 is 39.2 Å². The number of aromatic nitrogens is 2. The molecule has 0 N–H and O–H groups in total. The summed E-state index contributed by atoms with van der Waals surface area (Å²) in [6.45, 7) is 11.6. The molecule has 0 aromatic carbocycles. The van der Waals surface area contributed by atoms with Gasteiger partial charge in [-0.15, -0.1) is 11.3 Å². The van der Waals surface area contributed by atoms with E-state index in [1.54, 1.807) is 0 Å². The third-order valence-electron chi connectivity index (χ3n) is 6.56. The van der Waals surface area contributed by atoms with E-state index in [4.69, 9.17) is 9.72 Å². The lowest BCUT2D eigenvalue weighted by atomic mass is 9.96. The first kappa shape index (κ1) is 22.0. The smallest absolute Gasteiger partial charge is 0.309 e. The number of carbonyl (C=O) groups is 2. The maximum atomic E-state index is 13.4. The van der Waals surface area contributed by atoms with Gasteiger partial charge in [0, 0.05) is 26.2 Å². The van der Waals surface area contributed by atoms with Gasteiger partial charge in [0.05, 0.1) is 22.8 Å². The molecule has 0 bridgehead atoms. The number of hydrogen-bond donors (Lipinski definition) is 0. The summed E-state index contributed by atoms with van der Waals surface area (Å²) >= 11 is 1.47. The second-order valence-electron chi connectivity index (χ2n) is 8.82. The largest absolute Gasteiger partial charge is 0.466 e. The molecule has 0 atom stereocenters. The predicted molar refractivity (Wildman–Crippen MR) is 123 cm³/mol. The maximum absolute atomic E-state index is 13.4. The summed E-state index contributed by atoms with van der Waals surface area (Å²) < 4.78 is 5.15. The predicted octanol–water partition coefficient (Wildman–Crippen LogP) is 3.96. The van der Waals surface area contributed by atoms with Crippen molar-refractivity contribution in [2.45, 2.75) is 53.4 Å². The van der Waals surface area contributed by atoms with Crippen molar-refractivity contribution in [1.29, 1.82) is 0 Å². The molecule has 1 amide bonds. The fraction of sp³-hybridized carbons (Fsp3) is 0.652. The number of ether oxygens (including phenoxy) is 1. The first-order valence-corrected chi connectivity index (χ1v) is 12.2. The minimum absolute atomic E-state index is 0.0404. The quantitative estimate of drug-likeness (QED) is 0.665. The third kappa shape index (κ3) is 4.40. The van der Waals surface area contributed by atoms with Crippen LogP contribution in [0.15, 0.2) is 0 Å². The van der Waals surface area contributed by atoms with Crippen LogP contribution in [0.2, 0.25) is 0 Å². The van der Waals surface area contributed by atoms with E-state index in [1.165, 1.54) is 11.3 Å². The van der Waals surface area contributed by atoms with Gasteiger partial charge in [-0.3, -0.25) is 9.59 Å². The highest BCUT2D eigenvalue weighted by Gasteiger charge is 2.31. The Hall–Kier alpha value is -2.22. The van der Waals surface area contributed by atoms with Crippen LogP contribution in [0.1, 0.15) is 60.6 Å². The Morgan fingerprint density at radius 1 is 1.06 bits per heavy atom. The molecular formula is C23H32N4O3S. The van der Waals surface area contributed by atoms with Crippen LogP contribution < -0.4 is 4.90 Å². The molecule has 8 heteroatoms. The number of thiophene rings is 1. The van der Waals surface area contributed by atoms with Crippen molar-refractivity contribution in [3.63, 3.8) is 0 Å². The number of aryl methyl sites for hydroxylation is 2. The summed E-state index contributed by atoms with van der Waals surface area (Å²) in [7, 11) is 0. The zero-order valence-electron chi connectivity index (χ0n) is 18.9. The number of fused-ring (bicyclic) bond motifs is 1. The van der Waals surface area contributed by atoms with E-state index in [1.807, 2.05) is 25.7 Å². The van der Waals surface area contributed by atoms with Crippen LogP contribution in [0.25, 0.3) is 10.2 Å². The highest BCUT2D eigenvalue weighted by Crippen LogP contribution is 2.37. The number of rotatable bonds is 4. The number of esters is 1. The van der Waals surface area contributed by atoms with Crippen LogP contribution >= 0.6 is 11.3 Å². The Morgan fingerprint density at radius 2 is 1.74 bits per heavy atom. The standard InChI is InChI=1S/C23H32N4O3S/c1-5-30-23(29)17-8-12-27(13-9-17)22(28)19-15(3)18-20(24-16(4)25-21(18)31-19)26-10-6-14(2)7-11-26/h14,17H,5-13H2,1-4H3. The van der Waals surface area contributed by atoms with E-state index in [0.717, 1.165) is 64.1 Å². The minimum Gasteiger partial charge on any atom is -0.466 e. The summed E-state index contributed by atoms with van der Waals surface area (Å²) in [4.78, 5) is 40.7. The van der Waals surface area contributed by atoms with Gasteiger partial charge in [0.2, 0.25) is 0 Å². The Balaban J connectivity index is 1.58. The number of carbonyl (C=O) groups excluding carboxylic acids is 2. The van der Waals surface area contributed by atoms with Crippen molar-refractivity contribution in [3.05, 3.63) is 16.3 Å². The number of anilines is 1. The van der Waals surface area contributed by atoms with Gasteiger partial charge in [0.15, 0.2) is 0 Å². The lowest BCUT2D eigenvalue weighted by Crippen LogP contribution is -2.40. The normalized spacial score (nSPS) is 18.6. The topological polar surface area (TPSA) is 75.6 Å². The van der Waals surface area contributed by atoms with Crippen LogP contribution in [0.5, 0.6) is 0 Å². The Bertz CT molecular complexity index is 973. The molecule has 2 aliphatic heterocycles. The molecule has 31 heavy (non-hydrogen) atoms. The van der Waals surface area contributed by atoms with E-state index >= 15 is 0 Å². The summed E-state index contributed by atoms with van der Waals surface area (Å²) in [6, 6.07) is 0. The summed E-state index contributed by atoms with van der Waals surface area (Å²) in [5.41, 5.74) is 0.978. The van der Waals surface area contributed by atoms with E-state index < -0.39 is 0 Å². The van der Waals surface area contributed by atoms with Gasteiger partial charge < -0.3 is 14.5 Å². The van der Waals surface area contributed by atoms with Gasteiger partial charge in [-0.1, -0.05) is 6.92 Å². The molecule has 2 aliphatic rings. The van der Waals surface area contributed by atoms with E-state index in [-0.39, 0.29) is 17.8 Å². The molecule has 7 nitrogen and oxygen atoms in total. The maximum Gasteiger partial charge on any atom is 0.309 e. The van der Waals surface area contributed by atoms with Gasteiger partial charge in [-0.25, -0.2) is 9.97 Å². The van der Waals surface area contributed by atoms with Gasteiger partial charge in [0.1, 0.15) is 16.5 Å². The van der Waals surface area contributed by atoms with Crippen molar-refractivity contribution in [2.24, 2.45) is 11.8 Å². The second-order valence-corrected chi connectivity index (χ2v) is 9.82. The molecule has 2 aromatic heterocycles. The third-order valence-corrected chi connectivity index (χ3v) is 7.74. The molecule has 0 unspecified atom stereocenters. The number of piperidine rings is 2. The molecule has 2 saturated heterocycles. The van der Waals surface area contributed by atoms with Gasteiger partial charge >= 0.3 is 5.97 Å². The number of amides is 1. The average Bonchev–Trinajstić information content (AvgIpc) is 3.09. The molecule has 168 valence electrons. The van der Waals surface area contributed by atoms with Crippen molar-refractivity contribution < 1.29 is 14.3 Å². The van der Waals surface area contributed by atoms with Crippen LogP contribution in [0, 0.1) is 25.7 Å². The minimum atomic E-state index is -0.140. The molecule has 0 aliphatic carbocycles. The molecule has 2 fully saturated rings. The summed E-state index contributed by atoms with van der Waals surface area (Å²) in [6.07, 6.45) is 3.64. The zero-order chi connectivity index (χ0) is 22.1. The van der Waals surface area contributed by atoms with Crippen LogP contribution in [-0.2, 0) is 9.53 Å². The first-order valence-electron chi connectivity index (χ1n) is 11.4. The van der Waals surface area contributed by atoms with E-state index in [0.29, 0.717) is 32.5 Å². The van der Waals surface area contributed by atoms with Gasteiger partial charge in [-0.05, 0) is 57.9 Å².